The van der Waals surface area contributed by atoms with Crippen molar-refractivity contribution in [3.8, 4) is 0 Å². The summed E-state index contributed by atoms with van der Waals surface area (Å²) >= 11 is 0. The highest BCUT2D eigenvalue weighted by molar-refractivity contribution is 5.72. The number of hydrogen-bond donors (Lipinski definition) is 2. The maximum atomic E-state index is 10.6. The van der Waals surface area contributed by atoms with Crippen molar-refractivity contribution in [2.24, 2.45) is 5.41 Å². The second-order valence-electron chi connectivity index (χ2n) is 4.93. The lowest BCUT2D eigenvalue weighted by atomic mass is 9.79. The van der Waals surface area contributed by atoms with Gasteiger partial charge in [0.1, 0.15) is 0 Å². The number of hydrogen-bond acceptors (Lipinski definition) is 2. The van der Waals surface area contributed by atoms with Gasteiger partial charge in [-0.05, 0) is 24.7 Å². The average Bonchev–Trinajstić information content (AvgIpc) is 2.23. The topological polar surface area (TPSA) is 49.3 Å². The van der Waals surface area contributed by atoms with Crippen molar-refractivity contribution in [2.75, 3.05) is 13.2 Å². The summed E-state index contributed by atoms with van der Waals surface area (Å²) in [5.74, 6) is 0.0543. The molecule has 0 fully saturated rings. The fourth-order valence-corrected chi connectivity index (χ4v) is 1.87. The van der Waals surface area contributed by atoms with Crippen molar-refractivity contribution in [3.05, 3.63) is 0 Å². The molecule has 0 heterocycles. The van der Waals surface area contributed by atoms with Gasteiger partial charge in [-0.15, -0.1) is 0 Å². The molecule has 0 aliphatic heterocycles. The van der Waals surface area contributed by atoms with Gasteiger partial charge in [0, 0.05) is 20.1 Å². The van der Waals surface area contributed by atoms with Crippen LogP contribution in [-0.4, -0.2) is 24.2 Å². The molecule has 0 aliphatic rings. The lowest BCUT2D eigenvalue weighted by Crippen LogP contribution is -2.21. The third-order valence-corrected chi connectivity index (χ3v) is 3.40. The molecule has 2 N–H and O–H groups in total. The van der Waals surface area contributed by atoms with Crippen LogP contribution in [0.15, 0.2) is 0 Å². The van der Waals surface area contributed by atoms with Crippen molar-refractivity contribution in [3.63, 3.8) is 0 Å². The van der Waals surface area contributed by atoms with Gasteiger partial charge in [0.2, 0.25) is 5.91 Å². The minimum atomic E-state index is 0.0543. The Morgan fingerprint density at radius 2 is 1.94 bits per heavy atom. The normalized spacial score (nSPS) is 14.5. The van der Waals surface area contributed by atoms with E-state index < -0.39 is 0 Å². The highest BCUT2D eigenvalue weighted by Gasteiger charge is 2.20. The van der Waals surface area contributed by atoms with Gasteiger partial charge >= 0.3 is 0 Å². The predicted molar refractivity (Wildman–Crippen MR) is 67.3 cm³/mol. The Morgan fingerprint density at radius 3 is 2.44 bits per heavy atom. The molecular formula is C13H27NO2. The van der Waals surface area contributed by atoms with Crippen LogP contribution in [0.5, 0.6) is 0 Å². The number of aliphatic hydroxyl groups is 1. The lowest BCUT2D eigenvalue weighted by Gasteiger charge is -2.27. The molecule has 0 aromatic heterocycles. The Bertz CT molecular complexity index is 194. The number of nitrogens with one attached hydrogen (secondary N) is 1. The van der Waals surface area contributed by atoms with Gasteiger partial charge in [-0.1, -0.05) is 33.1 Å². The maximum Gasteiger partial charge on any atom is 0.216 e. The van der Waals surface area contributed by atoms with E-state index in [-0.39, 0.29) is 12.5 Å². The first-order valence-electron chi connectivity index (χ1n) is 6.39. The standard InChI is InChI=1S/C13H27NO2/c1-4-13(3,9-11-15)8-6-5-7-10-14-12(2)16/h15H,4-11H2,1-3H3,(H,14,16). The molecule has 0 spiro atoms. The summed E-state index contributed by atoms with van der Waals surface area (Å²) in [7, 11) is 0. The summed E-state index contributed by atoms with van der Waals surface area (Å²) in [5, 5.41) is 11.8. The number of carbonyl (C=O) groups excluding carboxylic acids is 1. The van der Waals surface area contributed by atoms with Gasteiger partial charge < -0.3 is 10.4 Å². The minimum Gasteiger partial charge on any atom is -0.396 e. The molecule has 3 heteroatoms. The summed E-state index contributed by atoms with van der Waals surface area (Å²) in [5.41, 5.74) is 0.294. The van der Waals surface area contributed by atoms with E-state index >= 15 is 0 Å². The molecule has 3 nitrogen and oxygen atoms in total. The summed E-state index contributed by atoms with van der Waals surface area (Å²) in [6.45, 7) is 7.06. The van der Waals surface area contributed by atoms with Crippen LogP contribution in [0.25, 0.3) is 0 Å². The molecule has 0 saturated heterocycles. The quantitative estimate of drug-likeness (QED) is 0.597. The average molecular weight is 229 g/mol. The van der Waals surface area contributed by atoms with E-state index in [1.807, 2.05) is 0 Å². The molecule has 0 radical (unpaired) electrons. The molecule has 96 valence electrons. The smallest absolute Gasteiger partial charge is 0.216 e. The monoisotopic (exact) mass is 229 g/mol. The molecule has 16 heavy (non-hydrogen) atoms. The summed E-state index contributed by atoms with van der Waals surface area (Å²) in [6.07, 6.45) is 6.59. The van der Waals surface area contributed by atoms with Gasteiger partial charge in [-0.2, -0.15) is 0 Å². The second kappa shape index (κ2) is 8.57. The van der Waals surface area contributed by atoms with E-state index in [0.29, 0.717) is 5.41 Å². The zero-order valence-corrected chi connectivity index (χ0v) is 11.0. The Balaban J connectivity index is 3.51. The van der Waals surface area contributed by atoms with Crippen LogP contribution < -0.4 is 5.32 Å². The van der Waals surface area contributed by atoms with Crippen LogP contribution in [0.2, 0.25) is 0 Å². The number of rotatable bonds is 9. The Morgan fingerprint density at radius 1 is 1.25 bits per heavy atom. The SMILES string of the molecule is CCC(C)(CCO)CCCCCNC(C)=O. The van der Waals surface area contributed by atoms with Crippen LogP contribution in [0.3, 0.4) is 0 Å². The third kappa shape index (κ3) is 7.69. The Labute approximate surface area is 99.6 Å². The number of amides is 1. The van der Waals surface area contributed by atoms with E-state index in [1.54, 1.807) is 6.92 Å². The summed E-state index contributed by atoms with van der Waals surface area (Å²) in [6, 6.07) is 0. The van der Waals surface area contributed by atoms with E-state index in [9.17, 15) is 4.79 Å². The molecule has 0 aromatic carbocycles. The van der Waals surface area contributed by atoms with Crippen molar-refractivity contribution in [1.82, 2.24) is 5.32 Å². The van der Waals surface area contributed by atoms with Crippen molar-refractivity contribution in [2.45, 2.75) is 59.3 Å². The Kier molecular flexibility index (Phi) is 8.26. The highest BCUT2D eigenvalue weighted by atomic mass is 16.3. The van der Waals surface area contributed by atoms with Crippen LogP contribution in [0, 0.1) is 5.41 Å². The van der Waals surface area contributed by atoms with Crippen molar-refractivity contribution >= 4 is 5.91 Å². The summed E-state index contributed by atoms with van der Waals surface area (Å²) in [4.78, 5) is 10.6. The van der Waals surface area contributed by atoms with Gasteiger partial charge in [0.25, 0.3) is 0 Å². The van der Waals surface area contributed by atoms with E-state index in [0.717, 1.165) is 32.2 Å². The molecule has 1 amide bonds. The predicted octanol–water partition coefficient (Wildman–Crippen LogP) is 2.48. The van der Waals surface area contributed by atoms with Gasteiger partial charge in [-0.25, -0.2) is 0 Å². The number of carbonyl (C=O) groups is 1. The second-order valence-corrected chi connectivity index (χ2v) is 4.93. The van der Waals surface area contributed by atoms with Crippen molar-refractivity contribution < 1.29 is 9.90 Å². The fraction of sp³-hybridized carbons (Fsp3) is 0.923. The number of unbranched alkanes of at least 4 members (excludes halogenated alkanes) is 2. The van der Waals surface area contributed by atoms with Crippen LogP contribution in [0.4, 0.5) is 0 Å². The lowest BCUT2D eigenvalue weighted by molar-refractivity contribution is -0.118. The highest BCUT2D eigenvalue weighted by Crippen LogP contribution is 2.31. The van der Waals surface area contributed by atoms with Crippen LogP contribution in [-0.2, 0) is 4.79 Å². The zero-order chi connectivity index (χ0) is 12.4. The van der Waals surface area contributed by atoms with Gasteiger partial charge in [0.15, 0.2) is 0 Å². The minimum absolute atomic E-state index is 0.0543. The first-order valence-corrected chi connectivity index (χ1v) is 6.39. The molecule has 0 saturated carbocycles. The first kappa shape index (κ1) is 15.4. The molecular weight excluding hydrogens is 202 g/mol. The number of aliphatic hydroxyl groups excluding tert-OH is 1. The summed E-state index contributed by atoms with van der Waals surface area (Å²) < 4.78 is 0. The molecule has 0 aromatic rings. The Hall–Kier alpha value is -0.570. The molecule has 0 aliphatic carbocycles. The van der Waals surface area contributed by atoms with Crippen molar-refractivity contribution in [1.29, 1.82) is 0 Å². The van der Waals surface area contributed by atoms with Crippen LogP contribution in [0.1, 0.15) is 59.3 Å². The zero-order valence-electron chi connectivity index (χ0n) is 11.0. The fourth-order valence-electron chi connectivity index (χ4n) is 1.87. The maximum absolute atomic E-state index is 10.6. The molecule has 1 unspecified atom stereocenters. The third-order valence-electron chi connectivity index (χ3n) is 3.40. The van der Waals surface area contributed by atoms with E-state index in [2.05, 4.69) is 19.2 Å². The van der Waals surface area contributed by atoms with E-state index in [4.69, 9.17) is 5.11 Å². The first-order chi connectivity index (χ1) is 7.54. The molecule has 0 bridgehead atoms. The molecule has 0 rings (SSSR count). The largest absolute Gasteiger partial charge is 0.396 e. The molecule has 1 atom stereocenters. The van der Waals surface area contributed by atoms with Gasteiger partial charge in [-0.3, -0.25) is 4.79 Å². The van der Waals surface area contributed by atoms with Gasteiger partial charge in [0.05, 0.1) is 0 Å². The van der Waals surface area contributed by atoms with E-state index in [1.165, 1.54) is 12.8 Å². The van der Waals surface area contributed by atoms with Crippen LogP contribution >= 0.6 is 0 Å².